The van der Waals surface area contributed by atoms with E-state index in [1.54, 1.807) is 84.0 Å². The van der Waals surface area contributed by atoms with Crippen LogP contribution in [-0.4, -0.2) is 0 Å². The van der Waals surface area contributed by atoms with Crippen LogP contribution in [0.15, 0.2) is 176 Å². The highest BCUT2D eigenvalue weighted by Crippen LogP contribution is 2.41. The van der Waals surface area contributed by atoms with E-state index in [0.29, 0.717) is 62.2 Å². The predicted molar refractivity (Wildman–Crippen MR) is 424 cm³/mol. The van der Waals surface area contributed by atoms with Crippen molar-refractivity contribution in [2.75, 3.05) is 0 Å². The van der Waals surface area contributed by atoms with Crippen LogP contribution >= 0.6 is 0 Å². The number of hydrogen-bond donors (Lipinski definition) is 0. The highest BCUT2D eigenvalue weighted by molar-refractivity contribution is 5.43. The zero-order valence-corrected chi connectivity index (χ0v) is 69.8. The van der Waals surface area contributed by atoms with Crippen molar-refractivity contribution in [3.8, 4) is 0 Å². The molecule has 11 aromatic rings. The summed E-state index contributed by atoms with van der Waals surface area (Å²) in [4.78, 5) is 0. The van der Waals surface area contributed by atoms with Gasteiger partial charge in [0.15, 0.2) is 11.6 Å². The van der Waals surface area contributed by atoms with E-state index >= 15 is 0 Å². The second kappa shape index (κ2) is 46.8. The van der Waals surface area contributed by atoms with Crippen molar-refractivity contribution in [3.05, 3.63) is 384 Å². The molecule has 0 atom stereocenters. The van der Waals surface area contributed by atoms with Crippen LogP contribution in [-0.2, 0) is 30.9 Å². The fraction of sp³-hybridized carbons (Fsp3) is 0.298. The summed E-state index contributed by atoms with van der Waals surface area (Å²) in [6.07, 6.45) is -22.5. The summed E-state index contributed by atoms with van der Waals surface area (Å²) in [6.45, 7) is 37.6. The van der Waals surface area contributed by atoms with Crippen LogP contribution in [0.3, 0.4) is 0 Å². The lowest BCUT2D eigenvalue weighted by molar-refractivity contribution is -0.144. The van der Waals surface area contributed by atoms with Gasteiger partial charge in [-0.1, -0.05) is 131 Å². The molecule has 0 unspecified atom stereocenters. The molecule has 11 rings (SSSR count). The van der Waals surface area contributed by atoms with Crippen molar-refractivity contribution in [3.63, 3.8) is 0 Å². The van der Waals surface area contributed by atoms with Gasteiger partial charge in [-0.15, -0.1) is 0 Å². The highest BCUT2D eigenvalue weighted by atomic mass is 19.4. The predicted octanol–water partition coefficient (Wildman–Crippen LogP) is 32.0. The van der Waals surface area contributed by atoms with Gasteiger partial charge in [0, 0.05) is 11.1 Å². The van der Waals surface area contributed by atoms with E-state index in [2.05, 4.69) is 77.1 Å². The van der Waals surface area contributed by atoms with Crippen LogP contribution in [0, 0.1) is 212 Å². The zero-order chi connectivity index (χ0) is 91.4. The molecule has 24 heteroatoms. The van der Waals surface area contributed by atoms with Gasteiger partial charge < -0.3 is 0 Å². The van der Waals surface area contributed by atoms with E-state index in [1.807, 2.05) is 19.1 Å². The van der Waals surface area contributed by atoms with Crippen molar-refractivity contribution in [1.29, 1.82) is 0 Å². The molecule has 0 aliphatic heterocycles. The molecule has 642 valence electrons. The molecular weight excluding hydrogens is 1580 g/mol. The Morgan fingerprint density at radius 1 is 0.161 bits per heavy atom. The summed E-state index contributed by atoms with van der Waals surface area (Å²) in [5.74, 6) is -4.43. The third-order valence-electron chi connectivity index (χ3n) is 17.5. The number of hydrogen-bond acceptors (Lipinski definition) is 0. The monoisotopic (exact) mass is 1680 g/mol. The maximum atomic E-state index is 12.9. The molecule has 0 radical (unpaired) electrons. The minimum atomic E-state index is -4.77. The van der Waals surface area contributed by atoms with E-state index in [0.717, 1.165) is 37.6 Å². The van der Waals surface area contributed by atoms with Gasteiger partial charge in [-0.3, -0.25) is 0 Å². The van der Waals surface area contributed by atoms with E-state index < -0.39 is 105 Å². The van der Waals surface area contributed by atoms with Gasteiger partial charge in [-0.25, -0.2) is 39.5 Å². The maximum Gasteiger partial charge on any atom is 0.416 e. The Morgan fingerprint density at radius 2 is 0.424 bits per heavy atom. The van der Waals surface area contributed by atoms with Crippen molar-refractivity contribution in [2.45, 2.75) is 190 Å². The minimum absolute atomic E-state index is 0.0646. The summed E-state index contributed by atoms with van der Waals surface area (Å²) in [5, 5.41) is 0. The number of alkyl halides is 15. The molecule has 0 aliphatic carbocycles. The standard InChI is InChI=1S/C10H8F6.C10H11F3.C9H8F4.C9H9F3.C9H12.3C8H8F2.C8H9F.C8H10.C7H7F/c1-5-3-7(9(11,12)13)6(2)8(4-5)10(14,15)16;1-6-4-5-7(2)9(8(6)3)10(11,12)13;1-5-3-7(9(11,12)13)6(2)8(10)4-5;1-6-3-4-7(2)8(5-6)9(10,11)12;1-7-4-5-8(2)9(3)6-7;2*1-5-3-7(9)6(2)8(10)4-5;1-5-3-4-6(2)8(10)7(5)9;1-6-3-4-7(2)8(9)5-6;1-7-3-5-8(2)6-4-7;1-6-4-2-3-5-7(6)8/h3-4H,1-2H3;4-5H,1-3H3;3-4H,1-2H3;3-5H,1-2H3;4-6H,1-3H3;3*3-4H,1-2H3;3-5H,1-2H3;3-6H,1-2H3;2-5H,1H3. The third-order valence-corrected chi connectivity index (χ3v) is 17.5. The van der Waals surface area contributed by atoms with Crippen molar-refractivity contribution < 1.29 is 105 Å². The first-order valence-corrected chi connectivity index (χ1v) is 36.1. The second-order valence-electron chi connectivity index (χ2n) is 28.2. The van der Waals surface area contributed by atoms with E-state index in [4.69, 9.17) is 0 Å². The van der Waals surface area contributed by atoms with Crippen LogP contribution in [0.5, 0.6) is 0 Å². The van der Waals surface area contributed by atoms with Gasteiger partial charge in [0.05, 0.1) is 27.8 Å². The lowest BCUT2D eigenvalue weighted by atomic mass is 9.98. The van der Waals surface area contributed by atoms with Crippen molar-refractivity contribution in [2.24, 2.45) is 0 Å². The number of rotatable bonds is 0. The smallest absolute Gasteiger partial charge is 0.207 e. The maximum absolute atomic E-state index is 12.9. The normalized spacial score (nSPS) is 10.8. The molecule has 0 fully saturated rings. The zero-order valence-electron chi connectivity index (χ0n) is 69.8. The van der Waals surface area contributed by atoms with E-state index in [9.17, 15) is 105 Å². The first-order chi connectivity index (χ1) is 53.9. The van der Waals surface area contributed by atoms with Gasteiger partial charge in [-0.05, 0) is 321 Å². The summed E-state index contributed by atoms with van der Waals surface area (Å²) in [5.41, 5.74) is 8.11. The third kappa shape index (κ3) is 36.7. The number of aryl methyl sites for hydroxylation is 18. The van der Waals surface area contributed by atoms with Gasteiger partial charge in [0.1, 0.15) is 40.7 Å². The SMILES string of the molecule is Cc1cc(C(F)(F)F)c(C)c(C(F)(F)F)c1.Cc1cc(F)c(C)c(C(F)(F)F)c1.Cc1cc(F)c(C)c(F)c1.Cc1cc(F)c(C)c(F)c1.Cc1ccc(C)c(C(F)(F)F)c1.Cc1ccc(C)c(C(F)(F)F)c1C.Cc1ccc(C)c(C)c1.Cc1ccc(C)c(F)c1.Cc1ccc(C)c(F)c1F.Cc1ccc(C)cc1.Cc1ccccc1F. The van der Waals surface area contributed by atoms with Crippen molar-refractivity contribution >= 4 is 0 Å². The molecule has 11 aromatic carbocycles. The molecule has 0 saturated heterocycles. The molecule has 0 saturated carbocycles. The van der Waals surface area contributed by atoms with Crippen LogP contribution < -0.4 is 0 Å². The van der Waals surface area contributed by atoms with Crippen LogP contribution in [0.1, 0.15) is 156 Å². The summed E-state index contributed by atoms with van der Waals surface area (Å²) < 4.78 is 299. The molecule has 0 spiro atoms. The van der Waals surface area contributed by atoms with Crippen LogP contribution in [0.2, 0.25) is 0 Å². The summed E-state index contributed by atoms with van der Waals surface area (Å²) >= 11 is 0. The van der Waals surface area contributed by atoms with Gasteiger partial charge >= 0.3 is 30.9 Å². The number of halogens is 24. The molecule has 0 aromatic heterocycles. The van der Waals surface area contributed by atoms with Crippen LogP contribution in [0.4, 0.5) is 105 Å². The fourth-order valence-corrected chi connectivity index (χ4v) is 10.0. The van der Waals surface area contributed by atoms with E-state index in [1.165, 1.54) is 139 Å². The Labute approximate surface area is 676 Å². The Hall–Kier alpha value is -10.3. The fourth-order valence-electron chi connectivity index (χ4n) is 10.0. The molecule has 0 heterocycles. The Bertz CT molecular complexity index is 4780. The Balaban J connectivity index is 0.000000653. The largest absolute Gasteiger partial charge is 0.416 e. The average Bonchev–Trinajstić information content (AvgIpc) is 0.792. The Morgan fingerprint density at radius 3 is 0.729 bits per heavy atom. The molecular formula is C94H98F24. The molecule has 0 amide bonds. The lowest BCUT2D eigenvalue weighted by Gasteiger charge is -2.17. The topological polar surface area (TPSA) is 0 Å². The van der Waals surface area contributed by atoms with E-state index in [-0.39, 0.29) is 50.6 Å². The number of benzene rings is 11. The molecule has 0 bridgehead atoms. The molecule has 0 nitrogen and oxygen atoms in total. The van der Waals surface area contributed by atoms with Gasteiger partial charge in [0.2, 0.25) is 0 Å². The minimum Gasteiger partial charge on any atom is -0.207 e. The highest BCUT2D eigenvalue weighted by Gasteiger charge is 2.40. The molecule has 0 N–H and O–H groups in total. The molecule has 118 heavy (non-hydrogen) atoms. The average molecular weight is 1680 g/mol. The van der Waals surface area contributed by atoms with Gasteiger partial charge in [0.25, 0.3) is 0 Å². The van der Waals surface area contributed by atoms with Crippen LogP contribution in [0.25, 0.3) is 0 Å². The first kappa shape index (κ1) is 106. The second-order valence-corrected chi connectivity index (χ2v) is 28.2. The quantitative estimate of drug-likeness (QED) is 0.133. The Kier molecular flexibility index (Phi) is 41.9. The molecule has 0 aliphatic rings. The van der Waals surface area contributed by atoms with Gasteiger partial charge in [-0.2, -0.15) is 65.9 Å². The lowest BCUT2D eigenvalue weighted by Crippen LogP contribution is -2.15. The summed E-state index contributed by atoms with van der Waals surface area (Å²) in [7, 11) is 0. The summed E-state index contributed by atoms with van der Waals surface area (Å²) in [6, 6.07) is 46.3. The van der Waals surface area contributed by atoms with Crippen molar-refractivity contribution in [1.82, 2.24) is 0 Å². The first-order valence-electron chi connectivity index (χ1n) is 36.1.